The Labute approximate surface area is 191 Å². The predicted molar refractivity (Wildman–Crippen MR) is 126 cm³/mol. The van der Waals surface area contributed by atoms with Crippen LogP contribution in [0.25, 0.3) is 11.1 Å². The molecule has 0 amide bonds. The second-order valence-electron chi connectivity index (χ2n) is 8.17. The molecule has 5 nitrogen and oxygen atoms in total. The van der Waals surface area contributed by atoms with Gasteiger partial charge in [-0.25, -0.2) is 0 Å². The highest BCUT2D eigenvalue weighted by atomic mass is 32.2. The highest BCUT2D eigenvalue weighted by Crippen LogP contribution is 2.34. The van der Waals surface area contributed by atoms with E-state index in [1.807, 2.05) is 36.4 Å². The summed E-state index contributed by atoms with van der Waals surface area (Å²) in [6.45, 7) is 3.14. The van der Waals surface area contributed by atoms with E-state index < -0.39 is 17.2 Å². The van der Waals surface area contributed by atoms with Crippen LogP contribution in [0, 0.1) is 6.92 Å². The Morgan fingerprint density at radius 3 is 2.72 bits per heavy atom. The van der Waals surface area contributed by atoms with Crippen LogP contribution in [-0.4, -0.2) is 32.3 Å². The van der Waals surface area contributed by atoms with E-state index in [9.17, 15) is 13.9 Å². The third-order valence-electron chi connectivity index (χ3n) is 6.04. The molecule has 1 unspecified atom stereocenters. The molecule has 0 radical (unpaired) electrons. The molecule has 0 aliphatic heterocycles. The summed E-state index contributed by atoms with van der Waals surface area (Å²) in [6.07, 6.45) is 0.556. The van der Waals surface area contributed by atoms with Crippen LogP contribution in [-0.2, 0) is 24.1 Å². The van der Waals surface area contributed by atoms with Crippen molar-refractivity contribution < 1.29 is 18.6 Å². The Morgan fingerprint density at radius 1 is 1.12 bits per heavy atom. The minimum atomic E-state index is -2.03. The summed E-state index contributed by atoms with van der Waals surface area (Å²) < 4.78 is 27.5. The third-order valence-corrected chi connectivity index (χ3v) is 6.66. The lowest BCUT2D eigenvalue weighted by Gasteiger charge is -2.18. The van der Waals surface area contributed by atoms with E-state index in [0.717, 1.165) is 22.4 Å². The van der Waals surface area contributed by atoms with Crippen molar-refractivity contribution in [1.29, 1.82) is 0 Å². The van der Waals surface area contributed by atoms with Gasteiger partial charge in [0.05, 0.1) is 12.1 Å². The number of hydrogen-bond donors (Lipinski definition) is 2. The average Bonchev–Trinajstić information content (AvgIpc) is 3.10. The van der Waals surface area contributed by atoms with E-state index in [-0.39, 0.29) is 11.8 Å². The molecule has 1 aliphatic carbocycles. The van der Waals surface area contributed by atoms with Crippen molar-refractivity contribution in [3.8, 4) is 16.9 Å². The van der Waals surface area contributed by atoms with Crippen LogP contribution in [0.4, 0.5) is 0 Å². The fraction of sp³-hybridized carbons (Fsp3) is 0.308. The molecule has 32 heavy (non-hydrogen) atoms. The first kappa shape index (κ1) is 22.7. The second-order valence-corrected chi connectivity index (χ2v) is 9.19. The van der Waals surface area contributed by atoms with E-state index >= 15 is 0 Å². The summed E-state index contributed by atoms with van der Waals surface area (Å²) in [6, 6.07) is 22.4. The molecule has 3 atom stereocenters. The summed E-state index contributed by atoms with van der Waals surface area (Å²) in [5, 5.41) is 13.8. The molecule has 3 aromatic rings. The molecule has 3 aromatic carbocycles. The molecule has 0 saturated heterocycles. The van der Waals surface area contributed by atoms with Gasteiger partial charge in [-0.3, -0.25) is 4.21 Å². The van der Waals surface area contributed by atoms with Crippen LogP contribution in [0.5, 0.6) is 5.75 Å². The molecule has 6 heteroatoms. The zero-order valence-corrected chi connectivity index (χ0v) is 18.9. The summed E-state index contributed by atoms with van der Waals surface area (Å²) in [5.41, 5.74) is 6.86. The number of fused-ring (bicyclic) bond motifs is 1. The number of nitrogens with one attached hydrogen (secondary N) is 1. The first-order valence-corrected chi connectivity index (χ1v) is 12.1. The topological polar surface area (TPSA) is 81.6 Å². The van der Waals surface area contributed by atoms with Gasteiger partial charge in [-0.05, 0) is 65.4 Å². The molecule has 0 aromatic heterocycles. The van der Waals surface area contributed by atoms with E-state index in [2.05, 4.69) is 42.6 Å². The van der Waals surface area contributed by atoms with Crippen molar-refractivity contribution in [3.63, 3.8) is 0 Å². The quantitative estimate of drug-likeness (QED) is 0.380. The normalized spacial score (nSPS) is 18.3. The Hall–Kier alpha value is -2.51. The minimum absolute atomic E-state index is 0.125. The lowest BCUT2D eigenvalue weighted by molar-refractivity contribution is 0.141. The molecule has 0 bridgehead atoms. The Balaban J connectivity index is 1.42. The highest BCUT2D eigenvalue weighted by Gasteiger charge is 2.30. The Morgan fingerprint density at radius 2 is 1.94 bits per heavy atom. The third kappa shape index (κ3) is 5.27. The molecule has 0 saturated carbocycles. The van der Waals surface area contributed by atoms with Crippen LogP contribution in [0.15, 0.2) is 66.7 Å². The maximum absolute atomic E-state index is 10.7. The minimum Gasteiger partial charge on any atom is -0.772 e. The number of benzene rings is 3. The second kappa shape index (κ2) is 10.4. The molecule has 0 heterocycles. The van der Waals surface area contributed by atoms with Crippen LogP contribution in [0.1, 0.15) is 34.7 Å². The van der Waals surface area contributed by atoms with Gasteiger partial charge in [0.1, 0.15) is 12.4 Å². The molecular formula is C26H28NO4S-. The summed E-state index contributed by atoms with van der Waals surface area (Å²) in [4.78, 5) is 0. The average molecular weight is 451 g/mol. The smallest absolute Gasteiger partial charge is 0.120 e. The van der Waals surface area contributed by atoms with Crippen molar-refractivity contribution in [2.75, 3.05) is 12.3 Å². The van der Waals surface area contributed by atoms with Gasteiger partial charge >= 0.3 is 0 Å². The van der Waals surface area contributed by atoms with Crippen molar-refractivity contribution in [3.05, 3.63) is 89.0 Å². The largest absolute Gasteiger partial charge is 0.772 e. The maximum atomic E-state index is 10.7. The van der Waals surface area contributed by atoms with Gasteiger partial charge in [-0.1, -0.05) is 65.7 Å². The molecule has 1 aliphatic rings. The molecule has 168 valence electrons. The van der Waals surface area contributed by atoms with Crippen LogP contribution >= 0.6 is 0 Å². The Bertz CT molecular complexity index is 1090. The van der Waals surface area contributed by atoms with Gasteiger partial charge in [0.15, 0.2) is 0 Å². The van der Waals surface area contributed by atoms with Crippen LogP contribution in [0.3, 0.4) is 0 Å². The summed E-state index contributed by atoms with van der Waals surface area (Å²) in [5.74, 6) is 0.906. The molecular weight excluding hydrogens is 422 g/mol. The van der Waals surface area contributed by atoms with Gasteiger partial charge in [-0.15, -0.1) is 0 Å². The zero-order valence-electron chi connectivity index (χ0n) is 18.1. The van der Waals surface area contributed by atoms with Crippen molar-refractivity contribution in [2.24, 2.45) is 0 Å². The first-order chi connectivity index (χ1) is 15.5. The maximum Gasteiger partial charge on any atom is 0.120 e. The summed E-state index contributed by atoms with van der Waals surface area (Å²) >= 11 is -2.03. The summed E-state index contributed by atoms with van der Waals surface area (Å²) in [7, 11) is 0. The monoisotopic (exact) mass is 450 g/mol. The lowest BCUT2D eigenvalue weighted by Crippen LogP contribution is -2.30. The number of aliphatic hydroxyl groups is 1. The zero-order chi connectivity index (χ0) is 22.5. The molecule has 0 spiro atoms. The van der Waals surface area contributed by atoms with E-state index in [0.29, 0.717) is 26.0 Å². The number of ether oxygens (including phenoxy) is 1. The highest BCUT2D eigenvalue weighted by molar-refractivity contribution is 7.79. The Kier molecular flexibility index (Phi) is 7.37. The molecule has 4 rings (SSSR count). The predicted octanol–water partition coefficient (Wildman–Crippen LogP) is 4.06. The van der Waals surface area contributed by atoms with Crippen molar-refractivity contribution in [1.82, 2.24) is 5.32 Å². The van der Waals surface area contributed by atoms with Gasteiger partial charge in [0.25, 0.3) is 0 Å². The van der Waals surface area contributed by atoms with Crippen molar-refractivity contribution >= 4 is 11.1 Å². The number of aliphatic hydroxyl groups excluding tert-OH is 1. The lowest BCUT2D eigenvalue weighted by atomic mass is 9.97. The van der Waals surface area contributed by atoms with Gasteiger partial charge in [-0.2, -0.15) is 0 Å². The molecule has 2 N–H and O–H groups in total. The fourth-order valence-corrected chi connectivity index (χ4v) is 4.71. The fourth-order valence-electron chi connectivity index (χ4n) is 4.33. The number of rotatable bonds is 9. The number of hydrogen-bond acceptors (Lipinski definition) is 5. The van der Waals surface area contributed by atoms with Gasteiger partial charge in [0, 0.05) is 12.2 Å². The van der Waals surface area contributed by atoms with Gasteiger partial charge < -0.3 is 19.7 Å². The SMILES string of the molecule is Cc1c(COc2ccc3c(c2)C[C@H](O)[C@@H]3NCCCS(=O)[O-])cccc1-c1ccccc1. The van der Waals surface area contributed by atoms with Gasteiger partial charge in [0.2, 0.25) is 0 Å². The van der Waals surface area contributed by atoms with Crippen LogP contribution < -0.4 is 10.1 Å². The first-order valence-electron chi connectivity index (χ1n) is 10.9. The molecule has 0 fully saturated rings. The van der Waals surface area contributed by atoms with Crippen molar-refractivity contribution in [2.45, 2.75) is 38.5 Å². The van der Waals surface area contributed by atoms with E-state index in [4.69, 9.17) is 4.74 Å². The van der Waals surface area contributed by atoms with Crippen LogP contribution in [0.2, 0.25) is 0 Å². The van der Waals surface area contributed by atoms with E-state index in [1.165, 1.54) is 16.7 Å². The standard InChI is InChI=1S/C26H29NO4S/c1-18-20(9-5-10-23(18)19-7-3-2-4-8-19)17-31-22-11-12-24-21(15-22)16-25(28)26(24)27-13-6-14-32(29)30/h2-5,7-12,15,25-28H,6,13-14,16-17H2,1H3,(H,29,30)/p-1/t25-,26+/m0/s1. The van der Waals surface area contributed by atoms with E-state index in [1.54, 1.807) is 0 Å².